The summed E-state index contributed by atoms with van der Waals surface area (Å²) in [6.45, 7) is 1.44. The molecular formula is C19H15ClN6O4. The van der Waals surface area contributed by atoms with Crippen LogP contribution in [0.2, 0.25) is 5.02 Å². The van der Waals surface area contributed by atoms with Gasteiger partial charge in [-0.1, -0.05) is 17.7 Å². The average molecular weight is 427 g/mol. The third-order valence-electron chi connectivity index (χ3n) is 3.94. The summed E-state index contributed by atoms with van der Waals surface area (Å²) in [5, 5.41) is 14.8. The monoisotopic (exact) mass is 426 g/mol. The van der Waals surface area contributed by atoms with Crippen molar-refractivity contribution in [2.75, 3.05) is 10.7 Å². The lowest BCUT2D eigenvalue weighted by molar-refractivity contribution is -0.383. The maximum Gasteiger partial charge on any atom is 0.355 e. The number of hydrogen-bond acceptors (Lipinski definition) is 8. The van der Waals surface area contributed by atoms with E-state index in [-0.39, 0.29) is 23.0 Å². The number of amides is 1. The molecule has 0 aliphatic rings. The number of Topliss-reactive ketones (excluding diaryl/α,β-unsaturated/α-hetero) is 1. The Hall–Kier alpha value is -4.05. The first-order valence-electron chi connectivity index (χ1n) is 8.54. The minimum atomic E-state index is -0.680. The van der Waals surface area contributed by atoms with Gasteiger partial charge < -0.3 is 5.32 Å². The second-order valence-corrected chi connectivity index (χ2v) is 6.46. The molecular weight excluding hydrogens is 412 g/mol. The molecule has 1 aromatic heterocycles. The van der Waals surface area contributed by atoms with Crippen LogP contribution in [0.25, 0.3) is 0 Å². The second-order valence-electron chi connectivity index (χ2n) is 6.02. The van der Waals surface area contributed by atoms with Gasteiger partial charge in [0.05, 0.1) is 4.92 Å². The molecule has 0 radical (unpaired) electrons. The maximum absolute atomic E-state index is 12.2. The summed E-state index contributed by atoms with van der Waals surface area (Å²) in [5.74, 6) is -0.963. The molecule has 3 aromatic rings. The topological polar surface area (TPSA) is 139 Å². The van der Waals surface area contributed by atoms with E-state index in [1.807, 2.05) is 0 Å². The van der Waals surface area contributed by atoms with Crippen molar-refractivity contribution in [2.45, 2.75) is 6.92 Å². The summed E-state index contributed by atoms with van der Waals surface area (Å²) >= 11 is 5.86. The number of carbonyl (C=O) groups is 2. The quantitative estimate of drug-likeness (QED) is 0.295. The highest BCUT2D eigenvalue weighted by Crippen LogP contribution is 2.30. The van der Waals surface area contributed by atoms with Crippen LogP contribution in [0.5, 0.6) is 0 Å². The van der Waals surface area contributed by atoms with Gasteiger partial charge in [0.2, 0.25) is 11.6 Å². The van der Waals surface area contributed by atoms with Gasteiger partial charge in [0.25, 0.3) is 5.91 Å². The average Bonchev–Trinajstić information content (AvgIpc) is 2.72. The number of nitrogens with one attached hydrogen (secondary N) is 3. The number of halogens is 1. The van der Waals surface area contributed by atoms with Gasteiger partial charge in [-0.3, -0.25) is 30.6 Å². The molecule has 11 heteroatoms. The summed E-state index contributed by atoms with van der Waals surface area (Å²) < 4.78 is 0. The van der Waals surface area contributed by atoms with E-state index < -0.39 is 16.5 Å². The molecule has 152 valence electrons. The normalized spacial score (nSPS) is 10.2. The molecule has 0 saturated heterocycles. The highest BCUT2D eigenvalue weighted by atomic mass is 35.5. The van der Waals surface area contributed by atoms with E-state index in [0.29, 0.717) is 16.3 Å². The number of rotatable bonds is 7. The molecule has 0 saturated carbocycles. The molecule has 0 spiro atoms. The molecule has 10 nitrogen and oxygen atoms in total. The zero-order chi connectivity index (χ0) is 21.7. The van der Waals surface area contributed by atoms with E-state index in [1.54, 1.807) is 36.4 Å². The van der Waals surface area contributed by atoms with Crippen molar-refractivity contribution in [3.8, 4) is 0 Å². The van der Waals surface area contributed by atoms with Crippen LogP contribution in [0.1, 0.15) is 27.6 Å². The number of nitro groups is 1. The van der Waals surface area contributed by atoms with Crippen molar-refractivity contribution in [3.63, 3.8) is 0 Å². The highest BCUT2D eigenvalue weighted by Gasteiger charge is 2.24. The first-order valence-corrected chi connectivity index (χ1v) is 8.92. The van der Waals surface area contributed by atoms with Gasteiger partial charge in [-0.05, 0) is 49.4 Å². The number of aromatic nitrogens is 2. The third-order valence-corrected chi connectivity index (χ3v) is 4.18. The first kappa shape index (κ1) is 20.7. The predicted octanol–water partition coefficient (Wildman–Crippen LogP) is 3.74. The number of ketones is 1. The minimum Gasteiger partial charge on any atom is -0.334 e. The Balaban J connectivity index is 1.81. The number of hydrogen-bond donors (Lipinski definition) is 3. The zero-order valence-corrected chi connectivity index (χ0v) is 16.3. The largest absolute Gasteiger partial charge is 0.355 e. The van der Waals surface area contributed by atoms with Gasteiger partial charge in [0.15, 0.2) is 5.78 Å². The van der Waals surface area contributed by atoms with Gasteiger partial charge >= 0.3 is 5.69 Å². The van der Waals surface area contributed by atoms with Crippen molar-refractivity contribution in [1.82, 2.24) is 15.4 Å². The van der Waals surface area contributed by atoms with Gasteiger partial charge in [-0.15, -0.1) is 0 Å². The molecule has 0 unspecified atom stereocenters. The van der Waals surface area contributed by atoms with Crippen LogP contribution in [0.15, 0.2) is 54.9 Å². The molecule has 30 heavy (non-hydrogen) atoms. The smallest absolute Gasteiger partial charge is 0.334 e. The standard InChI is InChI=1S/C19H15ClN6O4/c1-11(27)12-5-7-15(8-6-12)23-17-16(26(29)30)18(22-10-21-17)24-25-19(28)13-3-2-4-14(20)9-13/h2-10H,1H3,(H,25,28)(H2,21,22,23,24). The number of carbonyl (C=O) groups excluding carboxylic acids is 2. The van der Waals surface area contributed by atoms with Gasteiger partial charge in [0, 0.05) is 21.8 Å². The number of benzene rings is 2. The van der Waals surface area contributed by atoms with Crippen LogP contribution in [0, 0.1) is 10.1 Å². The van der Waals surface area contributed by atoms with Crippen LogP contribution in [-0.2, 0) is 0 Å². The lowest BCUT2D eigenvalue weighted by Gasteiger charge is -2.11. The van der Waals surface area contributed by atoms with Crippen molar-refractivity contribution < 1.29 is 14.5 Å². The fourth-order valence-electron chi connectivity index (χ4n) is 2.48. The van der Waals surface area contributed by atoms with Gasteiger partial charge in [-0.25, -0.2) is 9.97 Å². The molecule has 0 fully saturated rings. The Kier molecular flexibility index (Phi) is 6.18. The molecule has 3 N–H and O–H groups in total. The van der Waals surface area contributed by atoms with Crippen LogP contribution in [0.3, 0.4) is 0 Å². The molecule has 3 rings (SSSR count). The second kappa shape index (κ2) is 8.97. The Morgan fingerprint density at radius 1 is 1.03 bits per heavy atom. The maximum atomic E-state index is 12.2. The lowest BCUT2D eigenvalue weighted by Crippen LogP contribution is -2.30. The summed E-state index contributed by atoms with van der Waals surface area (Å²) in [6, 6.07) is 12.6. The van der Waals surface area contributed by atoms with E-state index in [1.165, 1.54) is 19.1 Å². The molecule has 0 aliphatic carbocycles. The molecule has 1 amide bonds. The molecule has 0 aliphatic heterocycles. The van der Waals surface area contributed by atoms with E-state index in [9.17, 15) is 19.7 Å². The Morgan fingerprint density at radius 2 is 1.73 bits per heavy atom. The predicted molar refractivity (Wildman–Crippen MR) is 111 cm³/mol. The highest BCUT2D eigenvalue weighted by molar-refractivity contribution is 6.30. The van der Waals surface area contributed by atoms with Crippen molar-refractivity contribution >= 4 is 46.3 Å². The van der Waals surface area contributed by atoms with Gasteiger partial charge in [0.1, 0.15) is 6.33 Å². The first-order chi connectivity index (χ1) is 14.3. The zero-order valence-electron chi connectivity index (χ0n) is 15.5. The lowest BCUT2D eigenvalue weighted by atomic mass is 10.1. The molecule has 0 bridgehead atoms. The number of hydrazine groups is 1. The summed E-state index contributed by atoms with van der Waals surface area (Å²) in [4.78, 5) is 42.3. The van der Waals surface area contributed by atoms with Crippen LogP contribution in [-0.4, -0.2) is 26.6 Å². The van der Waals surface area contributed by atoms with E-state index in [0.717, 1.165) is 6.33 Å². The fraction of sp³-hybridized carbons (Fsp3) is 0.0526. The summed E-state index contributed by atoms with van der Waals surface area (Å²) in [5.41, 5.74) is 5.56. The van der Waals surface area contributed by atoms with Crippen LogP contribution < -0.4 is 16.2 Å². The summed E-state index contributed by atoms with van der Waals surface area (Å²) in [6.07, 6.45) is 1.10. The van der Waals surface area contributed by atoms with Crippen molar-refractivity contribution in [1.29, 1.82) is 0 Å². The van der Waals surface area contributed by atoms with Gasteiger partial charge in [-0.2, -0.15) is 0 Å². The molecule has 0 atom stereocenters. The van der Waals surface area contributed by atoms with Crippen LogP contribution >= 0.6 is 11.6 Å². The van der Waals surface area contributed by atoms with E-state index >= 15 is 0 Å². The fourth-order valence-corrected chi connectivity index (χ4v) is 2.67. The summed E-state index contributed by atoms with van der Waals surface area (Å²) in [7, 11) is 0. The van der Waals surface area contributed by atoms with Crippen LogP contribution in [0.4, 0.5) is 23.0 Å². The number of nitrogens with zero attached hydrogens (tertiary/aromatic N) is 3. The number of anilines is 3. The van der Waals surface area contributed by atoms with E-state index in [4.69, 9.17) is 11.6 Å². The minimum absolute atomic E-state index is 0.0925. The Labute approximate surface area is 175 Å². The van der Waals surface area contributed by atoms with E-state index in [2.05, 4.69) is 26.1 Å². The third kappa shape index (κ3) is 4.86. The van der Waals surface area contributed by atoms with Crippen molar-refractivity contribution in [2.24, 2.45) is 0 Å². The SMILES string of the molecule is CC(=O)c1ccc(Nc2ncnc(NNC(=O)c3cccc(Cl)c3)c2[N+](=O)[O-])cc1. The Morgan fingerprint density at radius 3 is 2.37 bits per heavy atom. The van der Waals surface area contributed by atoms with Crippen molar-refractivity contribution in [3.05, 3.63) is 81.1 Å². The molecule has 2 aromatic carbocycles. The Bertz CT molecular complexity index is 1120. The molecule has 1 heterocycles.